The molecule has 0 aliphatic carbocycles. The molecule has 0 saturated carbocycles. The van der Waals surface area contributed by atoms with E-state index in [1.807, 2.05) is 52.0 Å². The van der Waals surface area contributed by atoms with Crippen molar-refractivity contribution in [1.29, 1.82) is 0 Å². The largest absolute Gasteiger partial charge is 0.494 e. The van der Waals surface area contributed by atoms with Crippen LogP contribution >= 0.6 is 0 Å². The number of rotatable bonds is 5. The van der Waals surface area contributed by atoms with Crippen molar-refractivity contribution in [3.8, 4) is 11.8 Å². The molecule has 0 N–H and O–H groups in total. The normalized spacial score (nSPS) is 18.2. The molecule has 0 unspecified atom stereocenters. The number of aromatic nitrogens is 2. The zero-order valence-corrected chi connectivity index (χ0v) is 15.3. The maximum Gasteiger partial charge on any atom is 0.494 e. The van der Waals surface area contributed by atoms with Gasteiger partial charge < -0.3 is 18.8 Å². The molecule has 132 valence electrons. The molecule has 1 fully saturated rings. The van der Waals surface area contributed by atoms with Gasteiger partial charge in [-0.1, -0.05) is 12.1 Å². The maximum absolute atomic E-state index is 6.05. The van der Waals surface area contributed by atoms with E-state index in [0.717, 1.165) is 16.8 Å². The van der Waals surface area contributed by atoms with Gasteiger partial charge in [0.25, 0.3) is 0 Å². The first kappa shape index (κ1) is 17.7. The number of hydrogen-bond acceptors (Lipinski definition) is 6. The van der Waals surface area contributed by atoms with Crippen LogP contribution in [0, 0.1) is 0 Å². The molecule has 0 spiro atoms. The van der Waals surface area contributed by atoms with Crippen molar-refractivity contribution in [2.24, 2.45) is 0 Å². The van der Waals surface area contributed by atoms with Crippen LogP contribution in [0.4, 0.5) is 0 Å². The topological polar surface area (TPSA) is 62.7 Å². The zero-order chi connectivity index (χ0) is 18.1. The third-order valence-electron chi connectivity index (χ3n) is 4.68. The second-order valence-corrected chi connectivity index (χ2v) is 7.02. The van der Waals surface area contributed by atoms with Gasteiger partial charge in [0.2, 0.25) is 0 Å². The number of methoxy groups -OCH3 is 1. The summed E-state index contributed by atoms with van der Waals surface area (Å²) >= 11 is 0. The van der Waals surface area contributed by atoms with Crippen LogP contribution in [0.5, 0.6) is 11.8 Å². The van der Waals surface area contributed by atoms with E-state index in [4.69, 9.17) is 18.8 Å². The fourth-order valence-electron chi connectivity index (χ4n) is 2.39. The van der Waals surface area contributed by atoms with Gasteiger partial charge in [-0.2, -0.15) is 0 Å². The quantitative estimate of drug-likeness (QED) is 0.778. The molecule has 1 aliphatic rings. The Bertz CT molecular complexity index is 701. The fourth-order valence-corrected chi connectivity index (χ4v) is 2.39. The van der Waals surface area contributed by atoms with Gasteiger partial charge in [0, 0.05) is 18.0 Å². The summed E-state index contributed by atoms with van der Waals surface area (Å²) in [6.07, 6.45) is 3.37. The van der Waals surface area contributed by atoms with E-state index in [1.54, 1.807) is 12.4 Å². The standard InChI is InChI=1S/C18H23BN2O4/c1-17(2)18(3,4)25-19(24-17)14-6-8-15(9-7-14)23-12-13-10-20-16(22-5)21-11-13/h6-11H,12H2,1-5H3. The molecule has 0 bridgehead atoms. The fraction of sp³-hybridized carbons (Fsp3) is 0.444. The number of nitrogens with zero attached hydrogens (tertiary/aromatic N) is 2. The highest BCUT2D eigenvalue weighted by atomic mass is 16.7. The Morgan fingerprint density at radius 2 is 1.52 bits per heavy atom. The lowest BCUT2D eigenvalue weighted by atomic mass is 9.79. The number of ether oxygens (including phenoxy) is 2. The molecule has 1 aliphatic heterocycles. The average molecular weight is 342 g/mol. The highest BCUT2D eigenvalue weighted by Gasteiger charge is 2.51. The van der Waals surface area contributed by atoms with Gasteiger partial charge in [0.15, 0.2) is 0 Å². The Hall–Kier alpha value is -2.12. The maximum atomic E-state index is 6.05. The molecule has 0 radical (unpaired) electrons. The van der Waals surface area contributed by atoms with Crippen molar-refractivity contribution in [1.82, 2.24) is 9.97 Å². The van der Waals surface area contributed by atoms with Gasteiger partial charge in [0.05, 0.1) is 18.3 Å². The van der Waals surface area contributed by atoms with Crippen LogP contribution < -0.4 is 14.9 Å². The first-order valence-corrected chi connectivity index (χ1v) is 8.24. The summed E-state index contributed by atoms with van der Waals surface area (Å²) in [5.74, 6) is 0.760. The monoisotopic (exact) mass is 342 g/mol. The molecule has 3 rings (SSSR count). The lowest BCUT2D eigenvalue weighted by Crippen LogP contribution is -2.41. The predicted molar refractivity (Wildman–Crippen MR) is 95.1 cm³/mol. The van der Waals surface area contributed by atoms with E-state index in [-0.39, 0.29) is 18.3 Å². The van der Waals surface area contributed by atoms with E-state index < -0.39 is 0 Å². The lowest BCUT2D eigenvalue weighted by molar-refractivity contribution is 0.00578. The van der Waals surface area contributed by atoms with Gasteiger partial charge in [-0.05, 0) is 45.3 Å². The van der Waals surface area contributed by atoms with Crippen LogP contribution in [0.3, 0.4) is 0 Å². The molecule has 2 aromatic rings. The van der Waals surface area contributed by atoms with Gasteiger partial charge >= 0.3 is 13.1 Å². The highest BCUT2D eigenvalue weighted by molar-refractivity contribution is 6.62. The minimum absolute atomic E-state index is 0.343. The summed E-state index contributed by atoms with van der Waals surface area (Å²) in [6, 6.07) is 8.08. The van der Waals surface area contributed by atoms with Crippen molar-refractivity contribution in [3.63, 3.8) is 0 Å². The first-order chi connectivity index (χ1) is 11.8. The van der Waals surface area contributed by atoms with Crippen LogP contribution in [0.15, 0.2) is 36.7 Å². The van der Waals surface area contributed by atoms with Crippen molar-refractivity contribution < 1.29 is 18.8 Å². The Balaban J connectivity index is 1.61. The van der Waals surface area contributed by atoms with Crippen LogP contribution in [0.25, 0.3) is 0 Å². The molecule has 0 atom stereocenters. The van der Waals surface area contributed by atoms with E-state index in [2.05, 4.69) is 9.97 Å². The van der Waals surface area contributed by atoms with Gasteiger partial charge in [-0.3, -0.25) is 0 Å². The summed E-state index contributed by atoms with van der Waals surface area (Å²) < 4.78 is 22.8. The molecule has 1 saturated heterocycles. The Kier molecular flexibility index (Phi) is 4.71. The average Bonchev–Trinajstić information content (AvgIpc) is 2.82. The smallest absolute Gasteiger partial charge is 0.489 e. The summed E-state index contributed by atoms with van der Waals surface area (Å²) in [5, 5.41) is 0. The second-order valence-electron chi connectivity index (χ2n) is 7.02. The molecule has 1 aromatic heterocycles. The molecule has 0 amide bonds. The Morgan fingerprint density at radius 3 is 2.04 bits per heavy atom. The molecule has 1 aromatic carbocycles. The molecule has 7 heteroatoms. The summed E-state index contributed by atoms with van der Waals surface area (Å²) in [7, 11) is 1.17. The van der Waals surface area contributed by atoms with Crippen molar-refractivity contribution in [3.05, 3.63) is 42.2 Å². The third kappa shape index (κ3) is 3.77. The van der Waals surface area contributed by atoms with Crippen LogP contribution in [-0.4, -0.2) is 35.4 Å². The minimum atomic E-state index is -0.367. The lowest BCUT2D eigenvalue weighted by Gasteiger charge is -2.32. The Morgan fingerprint density at radius 1 is 0.960 bits per heavy atom. The van der Waals surface area contributed by atoms with Crippen molar-refractivity contribution in [2.45, 2.75) is 45.5 Å². The van der Waals surface area contributed by atoms with E-state index in [1.165, 1.54) is 7.11 Å². The summed E-state index contributed by atoms with van der Waals surface area (Å²) in [6.45, 7) is 8.56. The number of benzene rings is 1. The van der Waals surface area contributed by atoms with E-state index in [9.17, 15) is 0 Å². The second kappa shape index (κ2) is 6.65. The highest BCUT2D eigenvalue weighted by Crippen LogP contribution is 2.36. The Labute approximate surface area is 148 Å². The first-order valence-electron chi connectivity index (χ1n) is 8.24. The van der Waals surface area contributed by atoms with Crippen molar-refractivity contribution >= 4 is 12.6 Å². The number of hydrogen-bond donors (Lipinski definition) is 0. The minimum Gasteiger partial charge on any atom is -0.489 e. The molecule has 6 nitrogen and oxygen atoms in total. The summed E-state index contributed by atoms with van der Waals surface area (Å²) in [5.41, 5.74) is 1.15. The molecular formula is C18H23BN2O4. The predicted octanol–water partition coefficient (Wildman–Crippen LogP) is 2.36. The van der Waals surface area contributed by atoms with Gasteiger partial charge in [-0.15, -0.1) is 0 Å². The van der Waals surface area contributed by atoms with Crippen LogP contribution in [0.1, 0.15) is 33.3 Å². The van der Waals surface area contributed by atoms with Gasteiger partial charge in [-0.25, -0.2) is 9.97 Å². The van der Waals surface area contributed by atoms with Crippen LogP contribution in [0.2, 0.25) is 0 Å². The van der Waals surface area contributed by atoms with Crippen molar-refractivity contribution in [2.75, 3.05) is 7.11 Å². The molecule has 2 heterocycles. The molecular weight excluding hydrogens is 319 g/mol. The van der Waals surface area contributed by atoms with E-state index in [0.29, 0.717) is 12.6 Å². The van der Waals surface area contributed by atoms with E-state index >= 15 is 0 Å². The zero-order valence-electron chi connectivity index (χ0n) is 15.3. The van der Waals surface area contributed by atoms with Gasteiger partial charge in [0.1, 0.15) is 12.4 Å². The summed E-state index contributed by atoms with van der Waals surface area (Å²) in [4.78, 5) is 8.11. The third-order valence-corrected chi connectivity index (χ3v) is 4.68. The molecule has 25 heavy (non-hydrogen) atoms. The SMILES string of the molecule is COc1ncc(COc2ccc(B3OC(C)(C)C(C)(C)O3)cc2)cn1. The van der Waals surface area contributed by atoms with Crippen LogP contribution in [-0.2, 0) is 15.9 Å².